The molecule has 1 aromatic heterocycles. The minimum Gasteiger partial charge on any atom is -0.347 e. The summed E-state index contributed by atoms with van der Waals surface area (Å²) in [7, 11) is 0. The van der Waals surface area contributed by atoms with Gasteiger partial charge in [-0.25, -0.2) is 0 Å². The van der Waals surface area contributed by atoms with Crippen molar-refractivity contribution in [3.63, 3.8) is 0 Å². The number of aryl methyl sites for hydroxylation is 1. The molecule has 14 heavy (non-hydrogen) atoms. The Hall–Kier alpha value is -0.830. The lowest BCUT2D eigenvalue weighted by atomic mass is 10.1. The highest BCUT2D eigenvalue weighted by Crippen LogP contribution is 2.18. The summed E-state index contributed by atoms with van der Waals surface area (Å²) < 4.78 is 0. The Bertz CT molecular complexity index is 322. The summed E-state index contributed by atoms with van der Waals surface area (Å²) in [6, 6.07) is 2.02. The number of carbonyl (C=O) groups excluding carboxylic acids is 1. The van der Waals surface area contributed by atoms with Gasteiger partial charge in [-0.2, -0.15) is 0 Å². The van der Waals surface area contributed by atoms with Gasteiger partial charge in [-0.3, -0.25) is 4.79 Å². The van der Waals surface area contributed by atoms with Crippen LogP contribution in [0.2, 0.25) is 0 Å². The lowest BCUT2D eigenvalue weighted by molar-refractivity contribution is 0.0923. The molecule has 0 aromatic carbocycles. The maximum absolute atomic E-state index is 11.8. The highest BCUT2D eigenvalue weighted by Gasteiger charge is 2.18. The number of thiophene rings is 1. The summed E-state index contributed by atoms with van der Waals surface area (Å²) in [4.78, 5) is 12.6. The Morgan fingerprint density at radius 1 is 1.50 bits per heavy atom. The number of nitrogens with one attached hydrogen (secondary N) is 1. The van der Waals surface area contributed by atoms with E-state index < -0.39 is 0 Å². The van der Waals surface area contributed by atoms with Gasteiger partial charge in [-0.05, 0) is 44.2 Å². The largest absolute Gasteiger partial charge is 0.347 e. The lowest BCUT2D eigenvalue weighted by Gasteiger charge is -2.20. The van der Waals surface area contributed by atoms with Crippen LogP contribution >= 0.6 is 11.3 Å². The first-order chi connectivity index (χ1) is 6.44. The van der Waals surface area contributed by atoms with E-state index in [1.54, 1.807) is 0 Å². The average Bonchev–Trinajstić information content (AvgIpc) is 2.47. The van der Waals surface area contributed by atoms with Crippen molar-refractivity contribution in [1.82, 2.24) is 5.32 Å². The zero-order valence-electron chi connectivity index (χ0n) is 9.18. The van der Waals surface area contributed by atoms with Crippen LogP contribution in [0.5, 0.6) is 0 Å². The predicted octanol–water partition coefficient (Wildman–Crippen LogP) is 2.84. The maximum atomic E-state index is 11.8. The fourth-order valence-electron chi connectivity index (χ4n) is 1.21. The molecule has 1 amide bonds. The molecule has 1 heterocycles. The molecule has 2 nitrogen and oxygen atoms in total. The van der Waals surface area contributed by atoms with Gasteiger partial charge in [0.15, 0.2) is 0 Å². The first kappa shape index (κ1) is 11.2. The molecular formula is C11H17NOS. The molecule has 0 aliphatic heterocycles. The SMILES string of the molecule is CCc1ccsc1C(=O)NC(C)(C)C. The molecular weight excluding hydrogens is 194 g/mol. The van der Waals surface area contributed by atoms with Crippen molar-refractivity contribution in [3.8, 4) is 0 Å². The second kappa shape index (κ2) is 4.13. The van der Waals surface area contributed by atoms with Crippen molar-refractivity contribution < 1.29 is 4.79 Å². The molecule has 1 aromatic rings. The van der Waals surface area contributed by atoms with Crippen LogP contribution < -0.4 is 5.32 Å². The summed E-state index contributed by atoms with van der Waals surface area (Å²) in [6.07, 6.45) is 0.913. The van der Waals surface area contributed by atoms with Gasteiger partial charge in [-0.1, -0.05) is 6.92 Å². The van der Waals surface area contributed by atoms with Crippen molar-refractivity contribution in [2.75, 3.05) is 0 Å². The van der Waals surface area contributed by atoms with Crippen LogP contribution in [-0.4, -0.2) is 11.4 Å². The van der Waals surface area contributed by atoms with Crippen LogP contribution in [0.25, 0.3) is 0 Å². The van der Waals surface area contributed by atoms with Crippen molar-refractivity contribution in [2.45, 2.75) is 39.7 Å². The number of carbonyl (C=O) groups is 1. The van der Waals surface area contributed by atoms with E-state index in [2.05, 4.69) is 12.2 Å². The average molecular weight is 211 g/mol. The number of hydrogen-bond acceptors (Lipinski definition) is 2. The van der Waals surface area contributed by atoms with E-state index in [-0.39, 0.29) is 11.4 Å². The predicted molar refractivity (Wildman–Crippen MR) is 60.9 cm³/mol. The van der Waals surface area contributed by atoms with Crippen LogP contribution in [-0.2, 0) is 6.42 Å². The van der Waals surface area contributed by atoms with Crippen LogP contribution in [0.4, 0.5) is 0 Å². The van der Waals surface area contributed by atoms with E-state index in [4.69, 9.17) is 0 Å². The Morgan fingerprint density at radius 3 is 2.64 bits per heavy atom. The quantitative estimate of drug-likeness (QED) is 0.800. The molecule has 0 spiro atoms. The maximum Gasteiger partial charge on any atom is 0.262 e. The standard InChI is InChI=1S/C11H17NOS/c1-5-8-6-7-14-9(8)10(13)12-11(2,3)4/h6-7H,5H2,1-4H3,(H,12,13). The van der Waals surface area contributed by atoms with Gasteiger partial charge >= 0.3 is 0 Å². The molecule has 0 atom stereocenters. The van der Waals surface area contributed by atoms with Crippen LogP contribution in [0.3, 0.4) is 0 Å². The van der Waals surface area contributed by atoms with Crippen molar-refractivity contribution in [1.29, 1.82) is 0 Å². The highest BCUT2D eigenvalue weighted by atomic mass is 32.1. The molecule has 1 rings (SSSR count). The molecule has 0 radical (unpaired) electrons. The molecule has 0 bridgehead atoms. The molecule has 78 valence electrons. The summed E-state index contributed by atoms with van der Waals surface area (Å²) in [5.74, 6) is 0.0457. The first-order valence-electron chi connectivity index (χ1n) is 4.83. The zero-order valence-corrected chi connectivity index (χ0v) is 9.99. The Balaban J connectivity index is 2.80. The van der Waals surface area contributed by atoms with Gasteiger partial charge in [0.2, 0.25) is 0 Å². The number of hydrogen-bond donors (Lipinski definition) is 1. The van der Waals surface area contributed by atoms with Gasteiger partial charge < -0.3 is 5.32 Å². The van der Waals surface area contributed by atoms with Gasteiger partial charge in [0, 0.05) is 5.54 Å². The summed E-state index contributed by atoms with van der Waals surface area (Å²) in [5, 5.41) is 4.94. The van der Waals surface area contributed by atoms with Crippen LogP contribution in [0.15, 0.2) is 11.4 Å². The van der Waals surface area contributed by atoms with Gasteiger partial charge in [0.05, 0.1) is 4.88 Å². The molecule has 0 unspecified atom stereocenters. The third-order valence-corrected chi connectivity index (χ3v) is 2.78. The van der Waals surface area contributed by atoms with Crippen LogP contribution in [0, 0.1) is 0 Å². The fourth-order valence-corrected chi connectivity index (χ4v) is 2.10. The number of rotatable bonds is 2. The first-order valence-corrected chi connectivity index (χ1v) is 5.71. The molecule has 0 saturated carbocycles. The number of amides is 1. The molecule has 0 saturated heterocycles. The van der Waals surface area contributed by atoms with Crippen molar-refractivity contribution in [2.24, 2.45) is 0 Å². The van der Waals surface area contributed by atoms with Crippen LogP contribution in [0.1, 0.15) is 42.9 Å². The molecule has 0 aliphatic rings. The topological polar surface area (TPSA) is 29.1 Å². The van der Waals surface area contributed by atoms with E-state index >= 15 is 0 Å². The lowest BCUT2D eigenvalue weighted by Crippen LogP contribution is -2.40. The second-order valence-corrected chi connectivity index (χ2v) is 5.25. The summed E-state index contributed by atoms with van der Waals surface area (Å²) >= 11 is 1.51. The Morgan fingerprint density at radius 2 is 2.14 bits per heavy atom. The van der Waals surface area contributed by atoms with E-state index in [1.165, 1.54) is 11.3 Å². The van der Waals surface area contributed by atoms with E-state index in [9.17, 15) is 4.79 Å². The van der Waals surface area contributed by atoms with Gasteiger partial charge in [0.25, 0.3) is 5.91 Å². The normalized spacial score (nSPS) is 11.4. The van der Waals surface area contributed by atoms with Crippen molar-refractivity contribution >= 4 is 17.2 Å². The molecule has 1 N–H and O–H groups in total. The third kappa shape index (κ3) is 2.84. The van der Waals surface area contributed by atoms with Gasteiger partial charge in [0.1, 0.15) is 0 Å². The second-order valence-electron chi connectivity index (χ2n) is 4.33. The monoisotopic (exact) mass is 211 g/mol. The minimum absolute atomic E-state index is 0.0457. The van der Waals surface area contributed by atoms with E-state index in [1.807, 2.05) is 32.2 Å². The minimum atomic E-state index is -0.161. The summed E-state index contributed by atoms with van der Waals surface area (Å²) in [6.45, 7) is 8.04. The Kier molecular flexibility index (Phi) is 3.32. The zero-order chi connectivity index (χ0) is 10.8. The van der Waals surface area contributed by atoms with Gasteiger partial charge in [-0.15, -0.1) is 11.3 Å². The summed E-state index contributed by atoms with van der Waals surface area (Å²) in [5.41, 5.74) is 0.975. The molecule has 3 heteroatoms. The highest BCUT2D eigenvalue weighted by molar-refractivity contribution is 7.12. The van der Waals surface area contributed by atoms with E-state index in [0.717, 1.165) is 16.9 Å². The Labute approximate surface area is 89.3 Å². The smallest absolute Gasteiger partial charge is 0.262 e. The fraction of sp³-hybridized carbons (Fsp3) is 0.545. The third-order valence-electron chi connectivity index (χ3n) is 1.82. The van der Waals surface area contributed by atoms with E-state index in [0.29, 0.717) is 0 Å². The molecule has 0 aliphatic carbocycles. The molecule has 0 fully saturated rings. The van der Waals surface area contributed by atoms with Crippen molar-refractivity contribution in [3.05, 3.63) is 21.9 Å².